The molecule has 31 heavy (non-hydrogen) atoms. The summed E-state index contributed by atoms with van der Waals surface area (Å²) >= 11 is 0. The van der Waals surface area contributed by atoms with E-state index >= 15 is 0 Å². The Morgan fingerprint density at radius 1 is 1.32 bits per heavy atom. The van der Waals surface area contributed by atoms with Crippen LogP contribution in [0.15, 0.2) is 16.8 Å². The van der Waals surface area contributed by atoms with Crippen LogP contribution in [-0.2, 0) is 6.18 Å². The van der Waals surface area contributed by atoms with Crippen molar-refractivity contribution in [1.29, 1.82) is 0 Å². The van der Waals surface area contributed by atoms with Crippen LogP contribution in [0.25, 0.3) is 5.78 Å². The highest BCUT2D eigenvalue weighted by atomic mass is 19.4. The molecule has 1 aliphatic rings. The van der Waals surface area contributed by atoms with E-state index in [0.717, 1.165) is 17.3 Å². The summed E-state index contributed by atoms with van der Waals surface area (Å²) < 4.78 is 72.1. The van der Waals surface area contributed by atoms with Crippen LogP contribution >= 0.6 is 0 Å². The number of fused-ring (bicyclic) bond motifs is 1. The van der Waals surface area contributed by atoms with E-state index in [1.54, 1.807) is 0 Å². The van der Waals surface area contributed by atoms with Crippen molar-refractivity contribution < 1.29 is 31.2 Å². The zero-order chi connectivity index (χ0) is 22.5. The summed E-state index contributed by atoms with van der Waals surface area (Å²) in [5.41, 5.74) is 5.01. The minimum absolute atomic E-state index is 0.0625. The third-order valence-electron chi connectivity index (χ3n) is 5.05. The number of carbonyl (C=O) groups is 1. The molecular weight excluding hydrogens is 429 g/mol. The molecule has 0 radical (unpaired) electrons. The summed E-state index contributed by atoms with van der Waals surface area (Å²) in [5, 5.41) is 3.97. The molecule has 0 aliphatic carbocycles. The Hall–Kier alpha value is -3.16. The van der Waals surface area contributed by atoms with Crippen LogP contribution < -0.4 is 5.73 Å². The number of likely N-dealkylation sites (tertiary alicyclic amines) is 1. The third-order valence-corrected chi connectivity index (χ3v) is 5.05. The van der Waals surface area contributed by atoms with Gasteiger partial charge in [0.15, 0.2) is 11.6 Å². The number of rotatable bonds is 3. The summed E-state index contributed by atoms with van der Waals surface area (Å²) in [6.07, 6.45) is -6.43. The number of aryl methyl sites for hydroxylation is 1. The number of oxazole rings is 1. The second-order valence-corrected chi connectivity index (χ2v) is 7.10. The Labute approximate surface area is 171 Å². The van der Waals surface area contributed by atoms with Gasteiger partial charge in [-0.1, -0.05) is 0 Å². The summed E-state index contributed by atoms with van der Waals surface area (Å²) in [4.78, 5) is 25.1. The van der Waals surface area contributed by atoms with Crippen molar-refractivity contribution >= 4 is 11.7 Å². The van der Waals surface area contributed by atoms with Crippen LogP contribution in [0.3, 0.4) is 0 Å². The molecule has 2 N–H and O–H groups in total. The molecule has 2 atom stereocenters. The van der Waals surface area contributed by atoms with E-state index in [0.29, 0.717) is 0 Å². The van der Waals surface area contributed by atoms with Gasteiger partial charge in [0.1, 0.15) is 12.0 Å². The quantitative estimate of drug-likeness (QED) is 0.616. The first-order chi connectivity index (χ1) is 14.6. The second kappa shape index (κ2) is 7.51. The van der Waals surface area contributed by atoms with Gasteiger partial charge >= 0.3 is 6.18 Å². The van der Waals surface area contributed by atoms with Crippen molar-refractivity contribution in [2.24, 2.45) is 5.73 Å². The molecule has 4 heterocycles. The zero-order valence-corrected chi connectivity index (χ0v) is 16.0. The van der Waals surface area contributed by atoms with E-state index in [2.05, 4.69) is 24.5 Å². The van der Waals surface area contributed by atoms with Crippen LogP contribution in [-0.4, -0.2) is 54.5 Å². The Morgan fingerprint density at radius 2 is 2.06 bits per heavy atom. The third kappa shape index (κ3) is 3.82. The number of nitrogens with zero attached hydrogens (tertiary/aromatic N) is 6. The molecule has 3 aromatic heterocycles. The summed E-state index contributed by atoms with van der Waals surface area (Å²) in [6, 6.07) is 0.553. The number of amides is 1. The highest BCUT2D eigenvalue weighted by molar-refractivity contribution is 5.93. The molecule has 166 valence electrons. The van der Waals surface area contributed by atoms with Gasteiger partial charge in [0.05, 0.1) is 5.69 Å². The number of hydrogen-bond donors (Lipinski definition) is 1. The van der Waals surface area contributed by atoms with Crippen LogP contribution in [0.1, 0.15) is 52.3 Å². The number of piperidine rings is 1. The number of hydrogen-bond acceptors (Lipinski definition) is 7. The molecule has 0 bridgehead atoms. The molecular formula is C17H16F5N7O2. The maximum atomic E-state index is 13.3. The zero-order valence-electron chi connectivity index (χ0n) is 16.0. The van der Waals surface area contributed by atoms with E-state index in [9.17, 15) is 26.7 Å². The predicted octanol–water partition coefficient (Wildman–Crippen LogP) is 2.33. The summed E-state index contributed by atoms with van der Waals surface area (Å²) in [5.74, 6) is -3.55. The Balaban J connectivity index is 1.70. The fourth-order valence-electron chi connectivity index (χ4n) is 3.61. The fraction of sp³-hybridized carbons (Fsp3) is 0.471. The first-order valence-corrected chi connectivity index (χ1v) is 9.14. The summed E-state index contributed by atoms with van der Waals surface area (Å²) in [7, 11) is 0. The van der Waals surface area contributed by atoms with Crippen molar-refractivity contribution in [3.8, 4) is 0 Å². The molecule has 1 fully saturated rings. The van der Waals surface area contributed by atoms with Crippen LogP contribution in [0, 0.1) is 6.92 Å². The number of aromatic nitrogens is 5. The predicted molar refractivity (Wildman–Crippen MR) is 93.2 cm³/mol. The number of halogens is 5. The first-order valence-electron chi connectivity index (χ1n) is 9.14. The average molecular weight is 445 g/mol. The molecule has 14 heteroatoms. The lowest BCUT2D eigenvalue weighted by Crippen LogP contribution is -2.48. The van der Waals surface area contributed by atoms with Gasteiger partial charge in [0.2, 0.25) is 5.76 Å². The van der Waals surface area contributed by atoms with Crippen molar-refractivity contribution in [3.05, 3.63) is 41.1 Å². The van der Waals surface area contributed by atoms with Gasteiger partial charge in [-0.25, -0.2) is 23.3 Å². The Kier molecular flexibility index (Phi) is 5.11. The van der Waals surface area contributed by atoms with E-state index in [1.807, 2.05) is 0 Å². The van der Waals surface area contributed by atoms with Crippen molar-refractivity contribution in [2.75, 3.05) is 13.1 Å². The fourth-order valence-corrected chi connectivity index (χ4v) is 3.61. The lowest BCUT2D eigenvalue weighted by molar-refractivity contribution is -0.153. The molecule has 1 unspecified atom stereocenters. The Bertz CT molecular complexity index is 1130. The lowest BCUT2D eigenvalue weighted by atomic mass is 9.89. The van der Waals surface area contributed by atoms with Gasteiger partial charge in [-0.15, -0.1) is 0 Å². The molecule has 0 aromatic carbocycles. The molecule has 1 aliphatic heterocycles. The normalized spacial score (nSPS) is 20.1. The van der Waals surface area contributed by atoms with E-state index in [4.69, 9.17) is 5.73 Å². The molecule has 0 saturated carbocycles. The highest BCUT2D eigenvalue weighted by Gasteiger charge is 2.43. The van der Waals surface area contributed by atoms with Gasteiger partial charge in [-0.2, -0.15) is 23.3 Å². The van der Waals surface area contributed by atoms with E-state index < -0.39 is 47.6 Å². The van der Waals surface area contributed by atoms with Crippen molar-refractivity contribution in [3.63, 3.8) is 0 Å². The topological polar surface area (TPSA) is 115 Å². The minimum atomic E-state index is -4.90. The molecule has 1 saturated heterocycles. The molecule has 3 aromatic rings. The average Bonchev–Trinajstić information content (AvgIpc) is 3.33. The van der Waals surface area contributed by atoms with E-state index in [1.165, 1.54) is 11.4 Å². The van der Waals surface area contributed by atoms with Crippen LogP contribution in [0.5, 0.6) is 0 Å². The number of alkyl halides is 5. The first kappa shape index (κ1) is 21.1. The van der Waals surface area contributed by atoms with Crippen molar-refractivity contribution in [1.82, 2.24) is 29.5 Å². The standard InChI is InChI=1S/C17H16F5N7O2/c1-7-26-12(13(31-7)17(20,21)22)15(30)28-3-2-9(23)8(5-28)11-4-10(14(18)19)27-16-24-6-25-29(11)16/h4,6,8-9,14H,2-3,5,23H2,1H3/t8-,9?/m1/s1. The molecule has 1 amide bonds. The lowest BCUT2D eigenvalue weighted by Gasteiger charge is -2.36. The SMILES string of the molecule is Cc1nc(C(=O)N2CCC(N)[C@H](c3cc(C(F)F)nc4ncnn34)C2)c(C(F)(F)F)o1. The van der Waals surface area contributed by atoms with Crippen molar-refractivity contribution in [2.45, 2.75) is 37.9 Å². The Morgan fingerprint density at radius 3 is 2.74 bits per heavy atom. The maximum absolute atomic E-state index is 13.3. The smallest absolute Gasteiger partial charge is 0.436 e. The van der Waals surface area contributed by atoms with Gasteiger partial charge < -0.3 is 15.1 Å². The monoisotopic (exact) mass is 445 g/mol. The highest BCUT2D eigenvalue weighted by Crippen LogP contribution is 2.35. The van der Waals surface area contributed by atoms with Gasteiger partial charge in [0.25, 0.3) is 18.1 Å². The van der Waals surface area contributed by atoms with Gasteiger partial charge in [0, 0.05) is 32.0 Å². The molecule has 4 rings (SSSR count). The number of carbonyl (C=O) groups excluding carboxylic acids is 1. The van der Waals surface area contributed by atoms with Gasteiger partial charge in [-0.3, -0.25) is 4.79 Å². The van der Waals surface area contributed by atoms with E-state index in [-0.39, 0.29) is 36.9 Å². The van der Waals surface area contributed by atoms with Crippen LogP contribution in [0.2, 0.25) is 0 Å². The maximum Gasteiger partial charge on any atom is 0.452 e. The second-order valence-electron chi connectivity index (χ2n) is 7.10. The molecule has 9 nitrogen and oxygen atoms in total. The summed E-state index contributed by atoms with van der Waals surface area (Å²) in [6.45, 7) is 1.13. The molecule has 0 spiro atoms. The minimum Gasteiger partial charge on any atom is -0.436 e. The number of nitrogens with two attached hydrogens (primary N) is 1. The largest absolute Gasteiger partial charge is 0.452 e. The van der Waals surface area contributed by atoms with Crippen LogP contribution in [0.4, 0.5) is 22.0 Å². The van der Waals surface area contributed by atoms with Gasteiger partial charge in [-0.05, 0) is 12.5 Å².